The molecule has 1 aromatic heterocycles. The SMILES string of the molecule is Cc1nc2ccccc2n1CC1OCCc2ccccc21. The third kappa shape index (κ3) is 2.14. The van der Waals surface area contributed by atoms with Crippen molar-refractivity contribution in [2.45, 2.75) is 26.0 Å². The second-order valence-electron chi connectivity index (χ2n) is 5.57. The Balaban J connectivity index is 1.74. The van der Waals surface area contributed by atoms with Crippen molar-refractivity contribution in [1.29, 1.82) is 0 Å². The summed E-state index contributed by atoms with van der Waals surface area (Å²) in [5, 5.41) is 0. The lowest BCUT2D eigenvalue weighted by molar-refractivity contribution is 0.0309. The van der Waals surface area contributed by atoms with E-state index < -0.39 is 0 Å². The van der Waals surface area contributed by atoms with Gasteiger partial charge in [-0.1, -0.05) is 36.4 Å². The molecule has 1 atom stereocenters. The van der Waals surface area contributed by atoms with Crippen LogP contribution in [0.5, 0.6) is 0 Å². The van der Waals surface area contributed by atoms with Gasteiger partial charge in [-0.2, -0.15) is 0 Å². The van der Waals surface area contributed by atoms with Gasteiger partial charge >= 0.3 is 0 Å². The lowest BCUT2D eigenvalue weighted by Gasteiger charge is -2.27. The number of aryl methyl sites for hydroxylation is 1. The molecular weight excluding hydrogens is 260 g/mol. The summed E-state index contributed by atoms with van der Waals surface area (Å²) in [6, 6.07) is 16.9. The average Bonchev–Trinajstić information content (AvgIpc) is 2.84. The zero-order valence-corrected chi connectivity index (χ0v) is 12.1. The molecule has 0 saturated heterocycles. The molecule has 0 spiro atoms. The molecular formula is C18H18N2O. The zero-order valence-electron chi connectivity index (χ0n) is 12.1. The maximum absolute atomic E-state index is 6.03. The van der Waals surface area contributed by atoms with Gasteiger partial charge in [0.1, 0.15) is 11.9 Å². The van der Waals surface area contributed by atoms with E-state index >= 15 is 0 Å². The maximum Gasteiger partial charge on any atom is 0.106 e. The first-order valence-corrected chi connectivity index (χ1v) is 7.44. The van der Waals surface area contributed by atoms with Crippen molar-refractivity contribution in [3.05, 3.63) is 65.5 Å². The normalized spacial score (nSPS) is 17.9. The van der Waals surface area contributed by atoms with Crippen molar-refractivity contribution in [3.8, 4) is 0 Å². The molecule has 0 fully saturated rings. The molecule has 1 aliphatic rings. The summed E-state index contributed by atoms with van der Waals surface area (Å²) < 4.78 is 8.30. The van der Waals surface area contributed by atoms with Gasteiger partial charge in [-0.25, -0.2) is 4.98 Å². The fourth-order valence-electron chi connectivity index (χ4n) is 3.22. The van der Waals surface area contributed by atoms with Crippen LogP contribution in [-0.2, 0) is 17.7 Å². The lowest BCUT2D eigenvalue weighted by Crippen LogP contribution is -2.21. The number of rotatable bonds is 2. The fraction of sp³-hybridized carbons (Fsp3) is 0.278. The summed E-state index contributed by atoms with van der Waals surface area (Å²) in [4.78, 5) is 4.64. The van der Waals surface area contributed by atoms with Gasteiger partial charge < -0.3 is 9.30 Å². The summed E-state index contributed by atoms with van der Waals surface area (Å²) >= 11 is 0. The number of aromatic nitrogens is 2. The van der Waals surface area contributed by atoms with Crippen LogP contribution in [0.3, 0.4) is 0 Å². The molecule has 106 valence electrons. The van der Waals surface area contributed by atoms with Crippen LogP contribution in [-0.4, -0.2) is 16.2 Å². The Morgan fingerprint density at radius 1 is 1.14 bits per heavy atom. The van der Waals surface area contributed by atoms with Crippen molar-refractivity contribution in [2.24, 2.45) is 0 Å². The third-order valence-corrected chi connectivity index (χ3v) is 4.29. The highest BCUT2D eigenvalue weighted by molar-refractivity contribution is 5.75. The summed E-state index contributed by atoms with van der Waals surface area (Å²) in [6.07, 6.45) is 1.13. The summed E-state index contributed by atoms with van der Waals surface area (Å²) in [6.45, 7) is 3.69. The quantitative estimate of drug-likeness (QED) is 0.715. The Morgan fingerprint density at radius 2 is 1.95 bits per heavy atom. The number of para-hydroxylation sites is 2. The molecule has 3 nitrogen and oxygen atoms in total. The Morgan fingerprint density at radius 3 is 2.90 bits per heavy atom. The van der Waals surface area contributed by atoms with Crippen molar-refractivity contribution < 1.29 is 4.74 Å². The highest BCUT2D eigenvalue weighted by atomic mass is 16.5. The maximum atomic E-state index is 6.03. The van der Waals surface area contributed by atoms with Gasteiger partial charge in [0.2, 0.25) is 0 Å². The van der Waals surface area contributed by atoms with Crippen LogP contribution < -0.4 is 0 Å². The van der Waals surface area contributed by atoms with Crippen molar-refractivity contribution >= 4 is 11.0 Å². The Labute approximate surface area is 124 Å². The van der Waals surface area contributed by atoms with Crippen LogP contribution in [0.25, 0.3) is 11.0 Å². The molecule has 0 N–H and O–H groups in total. The number of imidazole rings is 1. The van der Waals surface area contributed by atoms with Crippen molar-refractivity contribution in [3.63, 3.8) is 0 Å². The topological polar surface area (TPSA) is 27.1 Å². The first-order valence-electron chi connectivity index (χ1n) is 7.44. The molecule has 0 radical (unpaired) electrons. The first-order chi connectivity index (χ1) is 10.3. The minimum Gasteiger partial charge on any atom is -0.371 e. The van der Waals surface area contributed by atoms with Crippen LogP contribution in [0.2, 0.25) is 0 Å². The minimum absolute atomic E-state index is 0.117. The number of hydrogen-bond donors (Lipinski definition) is 0. The van der Waals surface area contributed by atoms with E-state index in [1.807, 2.05) is 6.07 Å². The van der Waals surface area contributed by atoms with E-state index in [1.54, 1.807) is 0 Å². The van der Waals surface area contributed by atoms with Crippen LogP contribution in [0, 0.1) is 6.92 Å². The number of hydrogen-bond acceptors (Lipinski definition) is 2. The molecule has 0 bridgehead atoms. The van der Waals surface area contributed by atoms with E-state index in [4.69, 9.17) is 4.74 Å². The minimum atomic E-state index is 0.117. The average molecular weight is 278 g/mol. The molecule has 0 saturated carbocycles. The van der Waals surface area contributed by atoms with E-state index in [0.717, 1.165) is 30.9 Å². The van der Waals surface area contributed by atoms with Gasteiger partial charge in [0.05, 0.1) is 24.2 Å². The van der Waals surface area contributed by atoms with Crippen LogP contribution >= 0.6 is 0 Å². The molecule has 21 heavy (non-hydrogen) atoms. The third-order valence-electron chi connectivity index (χ3n) is 4.29. The predicted octanol–water partition coefficient (Wildman–Crippen LogP) is 3.66. The van der Waals surface area contributed by atoms with E-state index in [0.29, 0.717) is 0 Å². The number of fused-ring (bicyclic) bond motifs is 2. The Bertz CT molecular complexity index is 791. The lowest BCUT2D eigenvalue weighted by atomic mass is 9.97. The highest BCUT2D eigenvalue weighted by Gasteiger charge is 2.22. The van der Waals surface area contributed by atoms with Gasteiger partial charge in [-0.05, 0) is 36.6 Å². The molecule has 2 aromatic carbocycles. The summed E-state index contributed by atoms with van der Waals surface area (Å²) in [7, 11) is 0. The van der Waals surface area contributed by atoms with E-state index in [1.165, 1.54) is 16.6 Å². The number of nitrogens with zero attached hydrogens (tertiary/aromatic N) is 2. The molecule has 1 aliphatic heterocycles. The molecule has 1 unspecified atom stereocenters. The molecule has 0 aliphatic carbocycles. The van der Waals surface area contributed by atoms with Crippen LogP contribution in [0.1, 0.15) is 23.1 Å². The Hall–Kier alpha value is -2.13. The second kappa shape index (κ2) is 5.01. The van der Waals surface area contributed by atoms with E-state index in [-0.39, 0.29) is 6.10 Å². The standard InChI is InChI=1S/C18H18N2O/c1-13-19-16-8-4-5-9-17(16)20(13)12-18-15-7-3-2-6-14(15)10-11-21-18/h2-9,18H,10-12H2,1H3. The number of benzene rings is 2. The monoisotopic (exact) mass is 278 g/mol. The first kappa shape index (κ1) is 12.6. The van der Waals surface area contributed by atoms with Gasteiger partial charge in [0, 0.05) is 0 Å². The van der Waals surface area contributed by atoms with Gasteiger partial charge in [0.15, 0.2) is 0 Å². The summed E-state index contributed by atoms with van der Waals surface area (Å²) in [5.74, 6) is 1.04. The van der Waals surface area contributed by atoms with Crippen LogP contribution in [0.4, 0.5) is 0 Å². The van der Waals surface area contributed by atoms with Crippen molar-refractivity contribution in [2.75, 3.05) is 6.61 Å². The van der Waals surface area contributed by atoms with E-state index in [2.05, 4.69) is 58.9 Å². The largest absolute Gasteiger partial charge is 0.371 e. The zero-order chi connectivity index (χ0) is 14.2. The summed E-state index contributed by atoms with van der Waals surface area (Å²) in [5.41, 5.74) is 4.97. The molecule has 4 rings (SSSR count). The van der Waals surface area contributed by atoms with Gasteiger partial charge in [0.25, 0.3) is 0 Å². The fourth-order valence-corrected chi connectivity index (χ4v) is 3.22. The van der Waals surface area contributed by atoms with Gasteiger partial charge in [-0.3, -0.25) is 0 Å². The predicted molar refractivity (Wildman–Crippen MR) is 83.3 cm³/mol. The molecule has 0 amide bonds. The molecule has 2 heterocycles. The second-order valence-corrected chi connectivity index (χ2v) is 5.57. The van der Waals surface area contributed by atoms with Gasteiger partial charge in [-0.15, -0.1) is 0 Å². The van der Waals surface area contributed by atoms with E-state index in [9.17, 15) is 0 Å². The van der Waals surface area contributed by atoms with Crippen LogP contribution in [0.15, 0.2) is 48.5 Å². The Kier molecular flexibility index (Phi) is 3.00. The number of ether oxygens (including phenoxy) is 1. The highest BCUT2D eigenvalue weighted by Crippen LogP contribution is 2.29. The molecule has 3 heteroatoms. The van der Waals surface area contributed by atoms with Crippen molar-refractivity contribution in [1.82, 2.24) is 9.55 Å². The smallest absolute Gasteiger partial charge is 0.106 e. The molecule has 3 aromatic rings.